The molecule has 1 aromatic rings. The smallest absolute Gasteiger partial charge is 0.416 e. The predicted octanol–water partition coefficient (Wildman–Crippen LogP) is 3.40. The van der Waals surface area contributed by atoms with Crippen LogP contribution in [0.3, 0.4) is 0 Å². The van der Waals surface area contributed by atoms with E-state index in [9.17, 15) is 18.4 Å². The molecule has 3 rings (SSSR count). The summed E-state index contributed by atoms with van der Waals surface area (Å²) in [5, 5.41) is 0. The minimum Gasteiger partial charge on any atom is -0.447 e. The fourth-order valence-electron chi connectivity index (χ4n) is 3.36. The van der Waals surface area contributed by atoms with Crippen LogP contribution in [0.2, 0.25) is 0 Å². The van der Waals surface area contributed by atoms with Crippen LogP contribution in [-0.2, 0) is 16.0 Å². The van der Waals surface area contributed by atoms with Crippen LogP contribution in [0.4, 0.5) is 13.6 Å². The molecule has 1 aromatic carbocycles. The lowest BCUT2D eigenvalue weighted by molar-refractivity contribution is -0.130. The van der Waals surface area contributed by atoms with Crippen LogP contribution in [-0.4, -0.2) is 35.5 Å². The van der Waals surface area contributed by atoms with Crippen LogP contribution in [0.25, 0.3) is 0 Å². The maximum absolute atomic E-state index is 13.2. The van der Waals surface area contributed by atoms with Crippen molar-refractivity contribution in [3.05, 3.63) is 35.9 Å². The number of hydrogen-bond acceptors (Lipinski definition) is 3. The number of benzene rings is 1. The van der Waals surface area contributed by atoms with Gasteiger partial charge >= 0.3 is 6.09 Å². The molecule has 1 saturated carbocycles. The highest BCUT2D eigenvalue weighted by atomic mass is 19.3. The van der Waals surface area contributed by atoms with Gasteiger partial charge in [0, 0.05) is 19.3 Å². The van der Waals surface area contributed by atoms with Crippen LogP contribution in [0, 0.1) is 5.92 Å². The molecule has 0 bridgehead atoms. The van der Waals surface area contributed by atoms with E-state index >= 15 is 0 Å². The van der Waals surface area contributed by atoms with Gasteiger partial charge in [0.05, 0.1) is 6.04 Å². The number of carbonyl (C=O) groups is 2. The van der Waals surface area contributed by atoms with E-state index in [0.717, 1.165) is 10.5 Å². The van der Waals surface area contributed by atoms with Crippen molar-refractivity contribution in [3.63, 3.8) is 0 Å². The fraction of sp³-hybridized carbons (Fsp3) is 0.529. The number of ether oxygens (including phenoxy) is 1. The molecule has 0 N–H and O–H groups in total. The summed E-state index contributed by atoms with van der Waals surface area (Å²) < 4.78 is 31.5. The third-order valence-electron chi connectivity index (χ3n) is 4.51. The van der Waals surface area contributed by atoms with Crippen molar-refractivity contribution in [1.82, 2.24) is 4.90 Å². The van der Waals surface area contributed by atoms with E-state index in [1.165, 1.54) is 0 Å². The highest BCUT2D eigenvalue weighted by molar-refractivity contribution is 5.93. The number of amides is 2. The van der Waals surface area contributed by atoms with Crippen molar-refractivity contribution in [2.75, 3.05) is 6.61 Å². The van der Waals surface area contributed by atoms with Crippen molar-refractivity contribution in [3.8, 4) is 0 Å². The highest BCUT2D eigenvalue weighted by Gasteiger charge is 2.43. The zero-order chi connectivity index (χ0) is 16.4. The van der Waals surface area contributed by atoms with Crippen molar-refractivity contribution < 1.29 is 23.1 Å². The summed E-state index contributed by atoms with van der Waals surface area (Å²) in [5.41, 5.74) is 1.00. The molecule has 2 amide bonds. The number of alkyl halides is 2. The van der Waals surface area contributed by atoms with Gasteiger partial charge in [-0.05, 0) is 24.3 Å². The Morgan fingerprint density at radius 2 is 2.04 bits per heavy atom. The van der Waals surface area contributed by atoms with Gasteiger partial charge in [-0.25, -0.2) is 18.5 Å². The quantitative estimate of drug-likeness (QED) is 0.853. The van der Waals surface area contributed by atoms with Crippen LogP contribution in [0.15, 0.2) is 30.3 Å². The van der Waals surface area contributed by atoms with Crippen LogP contribution in [0.1, 0.15) is 31.2 Å². The van der Waals surface area contributed by atoms with Crippen LogP contribution < -0.4 is 0 Å². The monoisotopic (exact) mass is 323 g/mol. The maximum atomic E-state index is 13.2. The van der Waals surface area contributed by atoms with Gasteiger partial charge < -0.3 is 4.74 Å². The summed E-state index contributed by atoms with van der Waals surface area (Å²) in [6, 6.07) is 9.15. The molecule has 0 spiro atoms. The first-order valence-corrected chi connectivity index (χ1v) is 7.85. The first kappa shape index (κ1) is 15.9. The van der Waals surface area contributed by atoms with Crippen molar-refractivity contribution in [2.45, 2.75) is 44.1 Å². The molecule has 4 nitrogen and oxygen atoms in total. The molecule has 2 fully saturated rings. The third-order valence-corrected chi connectivity index (χ3v) is 4.51. The second-order valence-corrected chi connectivity index (χ2v) is 6.35. The Bertz CT molecular complexity index is 591. The molecule has 0 radical (unpaired) electrons. The van der Waals surface area contributed by atoms with Gasteiger partial charge in [-0.1, -0.05) is 30.3 Å². The third kappa shape index (κ3) is 3.68. The summed E-state index contributed by atoms with van der Waals surface area (Å²) in [5.74, 6) is -3.45. The molecule has 2 atom stereocenters. The zero-order valence-electron chi connectivity index (χ0n) is 12.7. The van der Waals surface area contributed by atoms with Gasteiger partial charge in [-0.3, -0.25) is 4.79 Å². The number of rotatable bonds is 4. The van der Waals surface area contributed by atoms with Gasteiger partial charge in [-0.15, -0.1) is 0 Å². The lowest BCUT2D eigenvalue weighted by Gasteiger charge is -2.21. The predicted molar refractivity (Wildman–Crippen MR) is 79.0 cm³/mol. The normalized spacial score (nSPS) is 26.3. The SMILES string of the molecule is O=C(C[C@H]1CCC(F)(F)C1)N1C(=O)OCC1Cc1ccccc1. The number of halogens is 2. The second-order valence-electron chi connectivity index (χ2n) is 6.35. The van der Waals surface area contributed by atoms with Gasteiger partial charge in [0.25, 0.3) is 0 Å². The zero-order valence-corrected chi connectivity index (χ0v) is 12.7. The van der Waals surface area contributed by atoms with E-state index in [1.807, 2.05) is 30.3 Å². The van der Waals surface area contributed by atoms with E-state index < -0.39 is 17.9 Å². The molecule has 6 heteroatoms. The molecular formula is C17H19F2NO3. The summed E-state index contributed by atoms with van der Waals surface area (Å²) in [6.45, 7) is 0.153. The Labute approximate surface area is 133 Å². The molecular weight excluding hydrogens is 304 g/mol. The Morgan fingerprint density at radius 3 is 2.70 bits per heavy atom. The van der Waals surface area contributed by atoms with E-state index in [1.54, 1.807) is 0 Å². The number of hydrogen-bond donors (Lipinski definition) is 0. The largest absolute Gasteiger partial charge is 0.447 e. The second kappa shape index (κ2) is 6.26. The molecule has 1 aliphatic carbocycles. The Balaban J connectivity index is 1.64. The molecule has 1 unspecified atom stereocenters. The lowest BCUT2D eigenvalue weighted by Crippen LogP contribution is -2.40. The molecule has 1 aliphatic heterocycles. The Morgan fingerprint density at radius 1 is 1.30 bits per heavy atom. The Hall–Kier alpha value is -1.98. The van der Waals surface area contributed by atoms with Crippen molar-refractivity contribution in [2.24, 2.45) is 5.92 Å². The number of carbonyl (C=O) groups excluding carboxylic acids is 2. The van der Waals surface area contributed by atoms with Gasteiger partial charge in [0.1, 0.15) is 6.61 Å². The standard InChI is InChI=1S/C17H19F2NO3/c18-17(19)7-6-13(10-17)9-15(21)20-14(11-23-16(20)22)8-12-4-2-1-3-5-12/h1-5,13-14H,6-11H2/t13-,14?/m1/s1. The van der Waals surface area contributed by atoms with Crippen LogP contribution >= 0.6 is 0 Å². The summed E-state index contributed by atoms with van der Waals surface area (Å²) >= 11 is 0. The van der Waals surface area contributed by atoms with Crippen LogP contribution in [0.5, 0.6) is 0 Å². The molecule has 1 heterocycles. The summed E-state index contributed by atoms with van der Waals surface area (Å²) in [6.07, 6.45) is -0.297. The van der Waals surface area contributed by atoms with E-state index in [-0.39, 0.29) is 37.8 Å². The van der Waals surface area contributed by atoms with Crippen molar-refractivity contribution >= 4 is 12.0 Å². The number of imide groups is 1. The van der Waals surface area contributed by atoms with Gasteiger partial charge in [0.2, 0.25) is 11.8 Å². The molecule has 23 heavy (non-hydrogen) atoms. The van der Waals surface area contributed by atoms with E-state index in [2.05, 4.69) is 0 Å². The summed E-state index contributed by atoms with van der Waals surface area (Å²) in [4.78, 5) is 25.4. The van der Waals surface area contributed by atoms with E-state index in [0.29, 0.717) is 12.8 Å². The minimum atomic E-state index is -2.68. The lowest BCUT2D eigenvalue weighted by atomic mass is 10.0. The minimum absolute atomic E-state index is 0.0179. The molecule has 1 saturated heterocycles. The first-order valence-electron chi connectivity index (χ1n) is 7.85. The molecule has 0 aromatic heterocycles. The number of nitrogens with zero attached hydrogens (tertiary/aromatic N) is 1. The maximum Gasteiger partial charge on any atom is 0.416 e. The topological polar surface area (TPSA) is 46.6 Å². The summed E-state index contributed by atoms with van der Waals surface area (Å²) in [7, 11) is 0. The highest BCUT2D eigenvalue weighted by Crippen LogP contribution is 2.40. The van der Waals surface area contributed by atoms with Gasteiger partial charge in [-0.2, -0.15) is 0 Å². The molecule has 124 valence electrons. The van der Waals surface area contributed by atoms with E-state index in [4.69, 9.17) is 4.74 Å². The number of cyclic esters (lactones) is 1. The average Bonchev–Trinajstić information content (AvgIpc) is 3.02. The fourth-order valence-corrected chi connectivity index (χ4v) is 3.36. The van der Waals surface area contributed by atoms with Gasteiger partial charge in [0.15, 0.2) is 0 Å². The Kier molecular flexibility index (Phi) is 4.33. The average molecular weight is 323 g/mol. The van der Waals surface area contributed by atoms with Crippen molar-refractivity contribution in [1.29, 1.82) is 0 Å². The molecule has 2 aliphatic rings. The first-order chi connectivity index (χ1) is 10.9.